The largest absolute Gasteiger partial charge is 0.359 e. The lowest BCUT2D eigenvalue weighted by atomic mass is 10.2. The van der Waals surface area contributed by atoms with Crippen molar-refractivity contribution in [2.75, 3.05) is 0 Å². The van der Waals surface area contributed by atoms with Crippen LogP contribution in [0.2, 0.25) is 0 Å². The summed E-state index contributed by atoms with van der Waals surface area (Å²) >= 11 is 1.42. The normalized spacial score (nSPS) is 10.5. The highest BCUT2D eigenvalue weighted by atomic mass is 32.2. The van der Waals surface area contributed by atoms with Gasteiger partial charge >= 0.3 is 0 Å². The maximum atomic E-state index is 11.0. The van der Waals surface area contributed by atoms with E-state index in [-0.39, 0.29) is 0 Å². The molecular weight excluding hydrogens is 212 g/mol. The van der Waals surface area contributed by atoms with Crippen molar-refractivity contribution in [2.24, 2.45) is 0 Å². The predicted octanol–water partition coefficient (Wildman–Crippen LogP) is 2.08. The molecule has 0 aliphatic rings. The summed E-state index contributed by atoms with van der Waals surface area (Å²) in [5, 5.41) is 15.2. The zero-order valence-corrected chi connectivity index (χ0v) is 9.25. The molecule has 0 radical (unpaired) electrons. The maximum Gasteiger partial charge on any atom is 0.282 e. The van der Waals surface area contributed by atoms with Crippen LogP contribution in [0.15, 0.2) is 38.8 Å². The molecule has 0 unspecified atom stereocenters. The van der Waals surface area contributed by atoms with Gasteiger partial charge in [-0.1, -0.05) is 17.7 Å². The monoisotopic (exact) mass is 222 g/mol. The smallest absolute Gasteiger partial charge is 0.282 e. The summed E-state index contributed by atoms with van der Waals surface area (Å²) in [5.74, 6) is 0. The first-order valence-electron chi connectivity index (χ1n) is 4.47. The van der Waals surface area contributed by atoms with Gasteiger partial charge in [-0.3, -0.25) is 4.63 Å². The van der Waals surface area contributed by atoms with Crippen LogP contribution in [-0.4, -0.2) is 5.16 Å². The number of benzene rings is 1. The van der Waals surface area contributed by atoms with Crippen LogP contribution in [-0.2, 0) is 0 Å². The Morgan fingerprint density at radius 1 is 1.27 bits per heavy atom. The lowest BCUT2D eigenvalue weighted by Gasteiger charge is -1.96. The van der Waals surface area contributed by atoms with Gasteiger partial charge in [0.15, 0.2) is 0 Å². The van der Waals surface area contributed by atoms with Gasteiger partial charge < -0.3 is 5.21 Å². The minimum atomic E-state index is 0.413. The third-order valence-electron chi connectivity index (χ3n) is 2.02. The molecule has 1 aromatic heterocycles. The second-order valence-corrected chi connectivity index (χ2v) is 4.30. The lowest BCUT2D eigenvalue weighted by Crippen LogP contribution is -2.25. The van der Waals surface area contributed by atoms with E-state index in [1.54, 1.807) is 6.92 Å². The number of rotatable bonds is 2. The van der Waals surface area contributed by atoms with Crippen molar-refractivity contribution in [2.45, 2.75) is 23.8 Å². The van der Waals surface area contributed by atoms with Crippen LogP contribution in [0.25, 0.3) is 0 Å². The second kappa shape index (κ2) is 3.94. The van der Waals surface area contributed by atoms with Gasteiger partial charge in [0, 0.05) is 11.8 Å². The van der Waals surface area contributed by atoms with Gasteiger partial charge in [-0.05, 0) is 35.7 Å². The highest BCUT2D eigenvalue weighted by Crippen LogP contribution is 2.27. The highest BCUT2D eigenvalue weighted by molar-refractivity contribution is 7.99. The van der Waals surface area contributed by atoms with E-state index < -0.39 is 0 Å². The second-order valence-electron chi connectivity index (χ2n) is 3.24. The first-order valence-corrected chi connectivity index (χ1v) is 5.29. The average molecular weight is 222 g/mol. The van der Waals surface area contributed by atoms with Crippen LogP contribution in [0.1, 0.15) is 11.3 Å². The Hall–Kier alpha value is -1.49. The van der Waals surface area contributed by atoms with E-state index in [4.69, 9.17) is 0 Å². The molecule has 0 saturated carbocycles. The predicted molar refractivity (Wildman–Crippen MR) is 55.5 cm³/mol. The lowest BCUT2D eigenvalue weighted by molar-refractivity contribution is -0.807. The van der Waals surface area contributed by atoms with Crippen molar-refractivity contribution in [1.82, 2.24) is 5.16 Å². The fourth-order valence-electron chi connectivity index (χ4n) is 1.09. The molecule has 0 fully saturated rings. The summed E-state index contributed by atoms with van der Waals surface area (Å²) in [6.07, 6.45) is 0. The van der Waals surface area contributed by atoms with E-state index in [1.165, 1.54) is 17.3 Å². The van der Waals surface area contributed by atoms with Crippen molar-refractivity contribution >= 4 is 11.8 Å². The fraction of sp³-hybridized carbons (Fsp3) is 0.200. The molecule has 0 spiro atoms. The van der Waals surface area contributed by atoms with Gasteiger partial charge in [-0.25, -0.2) is 0 Å². The van der Waals surface area contributed by atoms with Gasteiger partial charge in [0.2, 0.25) is 5.69 Å². The molecule has 78 valence electrons. The summed E-state index contributed by atoms with van der Waals surface area (Å²) in [6.45, 7) is 3.71. The van der Waals surface area contributed by atoms with E-state index in [1.807, 2.05) is 31.2 Å². The number of hydrogen-bond acceptors (Lipinski definition) is 4. The summed E-state index contributed by atoms with van der Waals surface area (Å²) in [5.41, 5.74) is 1.69. The van der Waals surface area contributed by atoms with E-state index >= 15 is 0 Å². The number of hydrogen-bond donors (Lipinski definition) is 0. The molecule has 2 rings (SSSR count). The van der Waals surface area contributed by atoms with E-state index in [2.05, 4.69) is 9.79 Å². The molecule has 4 nitrogen and oxygen atoms in total. The molecule has 15 heavy (non-hydrogen) atoms. The Morgan fingerprint density at radius 3 is 2.47 bits per heavy atom. The summed E-state index contributed by atoms with van der Waals surface area (Å²) in [4.78, 5) is 1.45. The first-order chi connectivity index (χ1) is 7.16. The Bertz CT molecular complexity index is 465. The first kappa shape index (κ1) is 10.0. The van der Waals surface area contributed by atoms with E-state index in [0.717, 1.165) is 4.90 Å². The number of aromatic nitrogens is 2. The summed E-state index contributed by atoms with van der Waals surface area (Å²) in [7, 11) is 0. The molecule has 1 heterocycles. The van der Waals surface area contributed by atoms with Crippen molar-refractivity contribution in [1.29, 1.82) is 0 Å². The minimum Gasteiger partial charge on any atom is -0.359 e. The van der Waals surface area contributed by atoms with Crippen LogP contribution >= 0.6 is 11.8 Å². The fourth-order valence-corrected chi connectivity index (χ4v) is 1.88. The standard InChI is InChI=1S/C10H10N2O2S/c1-7-3-5-9(6-4-7)15-10-8(2)12(13)14-11-10/h3-6H,1-2H3. The Morgan fingerprint density at radius 2 is 1.93 bits per heavy atom. The van der Waals surface area contributed by atoms with Gasteiger partial charge in [0.05, 0.1) is 5.16 Å². The molecule has 1 aromatic carbocycles. The molecule has 0 bridgehead atoms. The average Bonchev–Trinajstić information content (AvgIpc) is 2.53. The third kappa shape index (κ3) is 2.12. The zero-order chi connectivity index (χ0) is 10.8. The maximum absolute atomic E-state index is 11.0. The number of nitrogens with zero attached hydrogens (tertiary/aromatic N) is 2. The van der Waals surface area contributed by atoms with Crippen molar-refractivity contribution in [3.05, 3.63) is 40.7 Å². The molecule has 0 aliphatic heterocycles. The molecule has 0 aliphatic carbocycles. The van der Waals surface area contributed by atoms with Crippen LogP contribution in [0, 0.1) is 19.1 Å². The molecular formula is C10H10N2O2S. The van der Waals surface area contributed by atoms with Crippen LogP contribution in [0.5, 0.6) is 0 Å². The highest BCUT2D eigenvalue weighted by Gasteiger charge is 2.15. The molecule has 0 amide bonds. The van der Waals surface area contributed by atoms with Crippen LogP contribution < -0.4 is 4.90 Å². The van der Waals surface area contributed by atoms with E-state index in [0.29, 0.717) is 15.6 Å². The molecule has 0 saturated heterocycles. The van der Waals surface area contributed by atoms with E-state index in [9.17, 15) is 5.21 Å². The van der Waals surface area contributed by atoms with Crippen molar-refractivity contribution in [3.8, 4) is 0 Å². The minimum absolute atomic E-state index is 0.413. The van der Waals surface area contributed by atoms with Crippen molar-refractivity contribution in [3.63, 3.8) is 0 Å². The Kier molecular flexibility index (Phi) is 2.64. The van der Waals surface area contributed by atoms with Crippen LogP contribution in [0.3, 0.4) is 0 Å². The van der Waals surface area contributed by atoms with Gasteiger partial charge in [-0.15, -0.1) is 0 Å². The molecule has 0 atom stereocenters. The Balaban J connectivity index is 2.22. The molecule has 2 aromatic rings. The molecule has 0 N–H and O–H groups in total. The third-order valence-corrected chi connectivity index (χ3v) is 3.09. The van der Waals surface area contributed by atoms with Gasteiger partial charge in [-0.2, -0.15) is 0 Å². The van der Waals surface area contributed by atoms with Crippen LogP contribution in [0.4, 0.5) is 0 Å². The number of aryl methyl sites for hydroxylation is 1. The van der Waals surface area contributed by atoms with Crippen molar-refractivity contribution < 1.29 is 9.53 Å². The SMILES string of the molecule is Cc1ccc(Sc2no[n+]([O-])c2C)cc1. The topological polar surface area (TPSA) is 53.0 Å². The van der Waals surface area contributed by atoms with Gasteiger partial charge in [0.25, 0.3) is 5.03 Å². The Labute approximate surface area is 91.4 Å². The summed E-state index contributed by atoms with van der Waals surface area (Å²) < 4.78 is 4.48. The molecule has 5 heteroatoms. The van der Waals surface area contributed by atoms with Gasteiger partial charge in [0.1, 0.15) is 0 Å². The zero-order valence-electron chi connectivity index (χ0n) is 8.43. The quantitative estimate of drug-likeness (QED) is 0.730. The summed E-state index contributed by atoms with van der Waals surface area (Å²) in [6, 6.07) is 8.01.